The fourth-order valence-electron chi connectivity index (χ4n) is 2.52. The van der Waals surface area contributed by atoms with Crippen LogP contribution in [0.2, 0.25) is 0 Å². The number of para-hydroxylation sites is 3. The molecular formula is C18H14F2N4OS. The van der Waals surface area contributed by atoms with E-state index in [1.165, 1.54) is 4.90 Å². The molecule has 132 valence electrons. The van der Waals surface area contributed by atoms with Gasteiger partial charge in [0.25, 0.3) is 0 Å². The summed E-state index contributed by atoms with van der Waals surface area (Å²) >= 11 is 0.929. The van der Waals surface area contributed by atoms with Gasteiger partial charge < -0.3 is 0 Å². The predicted molar refractivity (Wildman–Crippen MR) is 96.1 cm³/mol. The lowest BCUT2D eigenvalue weighted by molar-refractivity contribution is -0.116. The highest BCUT2D eigenvalue weighted by molar-refractivity contribution is 7.99. The molecule has 0 unspecified atom stereocenters. The van der Waals surface area contributed by atoms with E-state index in [-0.39, 0.29) is 23.4 Å². The second kappa shape index (κ2) is 7.97. The van der Waals surface area contributed by atoms with Gasteiger partial charge in [-0.25, -0.2) is 4.98 Å². The number of hydrogen-bond donors (Lipinski definition) is 0. The zero-order valence-electron chi connectivity index (χ0n) is 13.5. The fourth-order valence-corrected chi connectivity index (χ4v) is 3.41. The van der Waals surface area contributed by atoms with Gasteiger partial charge in [0, 0.05) is 5.69 Å². The highest BCUT2D eigenvalue weighted by Crippen LogP contribution is 2.29. The van der Waals surface area contributed by atoms with Gasteiger partial charge in [-0.05, 0) is 24.3 Å². The highest BCUT2D eigenvalue weighted by atomic mass is 32.2. The van der Waals surface area contributed by atoms with Crippen LogP contribution in [0.15, 0.2) is 59.8 Å². The van der Waals surface area contributed by atoms with Gasteiger partial charge in [0.05, 0.1) is 22.9 Å². The standard InChI is InChI=1S/C18H14F2N4OS/c19-17(20)24-15-9-5-4-8-14(15)22-18(24)26-12-16(25)23(11-10-21)13-6-2-1-3-7-13/h1-9,17H,11-12H2. The zero-order chi connectivity index (χ0) is 18.5. The number of halogens is 2. The Morgan fingerprint density at radius 1 is 1.19 bits per heavy atom. The van der Waals surface area contributed by atoms with Crippen molar-refractivity contribution in [3.63, 3.8) is 0 Å². The van der Waals surface area contributed by atoms with E-state index in [2.05, 4.69) is 4.98 Å². The first-order valence-corrected chi connectivity index (χ1v) is 8.70. The van der Waals surface area contributed by atoms with Gasteiger partial charge >= 0.3 is 6.55 Å². The highest BCUT2D eigenvalue weighted by Gasteiger charge is 2.21. The van der Waals surface area contributed by atoms with Crippen LogP contribution in [0.3, 0.4) is 0 Å². The number of nitriles is 1. The van der Waals surface area contributed by atoms with E-state index in [1.54, 1.807) is 54.6 Å². The molecule has 1 amide bonds. The van der Waals surface area contributed by atoms with Crippen LogP contribution in [0, 0.1) is 11.3 Å². The molecule has 3 aromatic rings. The van der Waals surface area contributed by atoms with Gasteiger partial charge in [-0.1, -0.05) is 42.1 Å². The Morgan fingerprint density at radius 3 is 2.58 bits per heavy atom. The molecule has 1 heterocycles. The number of imidazole rings is 1. The number of benzene rings is 2. The first kappa shape index (κ1) is 17.9. The smallest absolute Gasteiger partial charge is 0.298 e. The summed E-state index contributed by atoms with van der Waals surface area (Å²) in [7, 11) is 0. The first-order valence-electron chi connectivity index (χ1n) is 7.72. The lowest BCUT2D eigenvalue weighted by Crippen LogP contribution is -2.32. The minimum absolute atomic E-state index is 0.0690. The Hall–Kier alpha value is -2.92. The third-order valence-electron chi connectivity index (χ3n) is 3.68. The molecule has 0 aliphatic carbocycles. The van der Waals surface area contributed by atoms with Gasteiger partial charge in [0.1, 0.15) is 6.54 Å². The molecule has 0 spiro atoms. The Bertz CT molecular complexity index is 953. The van der Waals surface area contributed by atoms with E-state index in [9.17, 15) is 13.6 Å². The summed E-state index contributed by atoms with van der Waals surface area (Å²) in [5, 5.41) is 9.05. The molecule has 8 heteroatoms. The van der Waals surface area contributed by atoms with E-state index >= 15 is 0 Å². The molecule has 0 bridgehead atoms. The molecule has 2 aromatic carbocycles. The normalized spacial score (nSPS) is 10.8. The first-order chi connectivity index (χ1) is 12.6. The molecule has 0 aliphatic rings. The molecule has 0 aliphatic heterocycles. The van der Waals surface area contributed by atoms with Crippen LogP contribution in [-0.4, -0.2) is 27.8 Å². The van der Waals surface area contributed by atoms with Gasteiger partial charge in [-0.3, -0.25) is 14.3 Å². The minimum atomic E-state index is -2.76. The molecule has 3 rings (SSSR count). The van der Waals surface area contributed by atoms with Gasteiger partial charge in [-0.2, -0.15) is 14.0 Å². The topological polar surface area (TPSA) is 61.9 Å². The van der Waals surface area contributed by atoms with Crippen LogP contribution in [0.5, 0.6) is 0 Å². The number of amides is 1. The number of rotatable bonds is 6. The third-order valence-corrected chi connectivity index (χ3v) is 4.62. The molecule has 0 saturated carbocycles. The van der Waals surface area contributed by atoms with Crippen molar-refractivity contribution in [2.45, 2.75) is 11.7 Å². The molecule has 0 saturated heterocycles. The summed E-state index contributed by atoms with van der Waals surface area (Å²) in [4.78, 5) is 18.0. The second-order valence-corrected chi connectivity index (χ2v) is 6.24. The number of aromatic nitrogens is 2. The predicted octanol–water partition coefficient (Wildman–Crippen LogP) is 4.08. The third kappa shape index (κ3) is 3.68. The molecule has 0 fully saturated rings. The maximum atomic E-state index is 13.4. The Labute approximate surface area is 152 Å². The lowest BCUT2D eigenvalue weighted by Gasteiger charge is -2.19. The van der Waals surface area contributed by atoms with E-state index in [4.69, 9.17) is 5.26 Å². The van der Waals surface area contributed by atoms with Crippen molar-refractivity contribution in [2.75, 3.05) is 17.2 Å². The van der Waals surface area contributed by atoms with Crippen molar-refractivity contribution < 1.29 is 13.6 Å². The number of carbonyl (C=O) groups excluding carboxylic acids is 1. The summed E-state index contributed by atoms with van der Waals surface area (Å²) in [6.45, 7) is -2.88. The molecule has 1 aromatic heterocycles. The van der Waals surface area contributed by atoms with E-state index in [1.807, 2.05) is 6.07 Å². The summed E-state index contributed by atoms with van der Waals surface area (Å²) in [6, 6.07) is 17.3. The number of nitrogens with zero attached hydrogens (tertiary/aromatic N) is 4. The average Bonchev–Trinajstić information content (AvgIpc) is 3.03. The number of fused-ring (bicyclic) bond motifs is 1. The zero-order valence-corrected chi connectivity index (χ0v) is 14.4. The van der Waals surface area contributed by atoms with Crippen LogP contribution in [0.25, 0.3) is 11.0 Å². The van der Waals surface area contributed by atoms with Crippen molar-refractivity contribution >= 4 is 34.4 Å². The number of carbonyl (C=O) groups is 1. The monoisotopic (exact) mass is 372 g/mol. The lowest BCUT2D eigenvalue weighted by atomic mass is 10.3. The molecule has 26 heavy (non-hydrogen) atoms. The van der Waals surface area contributed by atoms with E-state index in [0.29, 0.717) is 16.7 Å². The van der Waals surface area contributed by atoms with E-state index in [0.717, 1.165) is 16.3 Å². The van der Waals surface area contributed by atoms with Crippen LogP contribution in [-0.2, 0) is 4.79 Å². The summed E-state index contributed by atoms with van der Waals surface area (Å²) in [5.41, 5.74) is 1.34. The van der Waals surface area contributed by atoms with Crippen molar-refractivity contribution in [1.29, 1.82) is 5.26 Å². The Morgan fingerprint density at radius 2 is 1.88 bits per heavy atom. The second-order valence-electron chi connectivity index (χ2n) is 5.29. The molecular weight excluding hydrogens is 358 g/mol. The quantitative estimate of drug-likeness (QED) is 0.483. The van der Waals surface area contributed by atoms with Crippen LogP contribution < -0.4 is 4.90 Å². The van der Waals surface area contributed by atoms with E-state index < -0.39 is 6.55 Å². The van der Waals surface area contributed by atoms with Crippen molar-refractivity contribution in [2.24, 2.45) is 0 Å². The molecule has 0 atom stereocenters. The Balaban J connectivity index is 1.82. The maximum Gasteiger partial charge on any atom is 0.321 e. The van der Waals surface area contributed by atoms with Crippen LogP contribution in [0.1, 0.15) is 6.55 Å². The summed E-state index contributed by atoms with van der Waals surface area (Å²) < 4.78 is 27.7. The number of hydrogen-bond acceptors (Lipinski definition) is 4. The molecule has 0 radical (unpaired) electrons. The number of thioether (sulfide) groups is 1. The van der Waals surface area contributed by atoms with Crippen LogP contribution in [0.4, 0.5) is 14.5 Å². The number of alkyl halides is 2. The number of anilines is 1. The average molecular weight is 372 g/mol. The SMILES string of the molecule is N#CCN(C(=O)CSc1nc2ccccc2n1C(F)F)c1ccccc1. The Kier molecular flexibility index (Phi) is 5.49. The van der Waals surface area contributed by atoms with Gasteiger partial charge in [-0.15, -0.1) is 0 Å². The van der Waals surface area contributed by atoms with Crippen molar-refractivity contribution in [1.82, 2.24) is 9.55 Å². The van der Waals surface area contributed by atoms with Crippen LogP contribution >= 0.6 is 11.8 Å². The van der Waals surface area contributed by atoms with Crippen molar-refractivity contribution in [3.8, 4) is 6.07 Å². The molecule has 0 N–H and O–H groups in total. The fraction of sp³-hybridized carbons (Fsp3) is 0.167. The summed E-state index contributed by atoms with van der Waals surface area (Å²) in [5.74, 6) is -0.456. The minimum Gasteiger partial charge on any atom is -0.298 e. The maximum absolute atomic E-state index is 13.4. The largest absolute Gasteiger partial charge is 0.321 e. The van der Waals surface area contributed by atoms with Gasteiger partial charge in [0.15, 0.2) is 5.16 Å². The van der Waals surface area contributed by atoms with Crippen molar-refractivity contribution in [3.05, 3.63) is 54.6 Å². The molecule has 5 nitrogen and oxygen atoms in total. The summed E-state index contributed by atoms with van der Waals surface area (Å²) in [6.07, 6.45) is 0. The van der Waals surface area contributed by atoms with Gasteiger partial charge in [0.2, 0.25) is 5.91 Å².